The van der Waals surface area contributed by atoms with Crippen molar-refractivity contribution in [2.45, 2.75) is 39.7 Å². The quantitative estimate of drug-likeness (QED) is 0.564. The second-order valence-electron chi connectivity index (χ2n) is 7.12. The number of hydrogen-bond acceptors (Lipinski definition) is 5. The first-order chi connectivity index (χ1) is 14.8. The Morgan fingerprint density at radius 1 is 1.13 bits per heavy atom. The molecule has 1 aromatic heterocycles. The largest absolute Gasteiger partial charge is 0.481 e. The Morgan fingerprint density at radius 3 is 2.61 bits per heavy atom. The summed E-state index contributed by atoms with van der Waals surface area (Å²) in [6.07, 6.45) is 1.05. The van der Waals surface area contributed by atoms with Gasteiger partial charge in [0.2, 0.25) is 5.91 Å². The third kappa shape index (κ3) is 5.91. The number of nitrogens with one attached hydrogen (secondary N) is 2. The lowest BCUT2D eigenvalue weighted by atomic mass is 10.1. The topological polar surface area (TPSA) is 93.5 Å². The molecule has 162 valence electrons. The molecule has 2 N–H and O–H groups in total. The highest BCUT2D eigenvalue weighted by Gasteiger charge is 2.17. The average Bonchev–Trinajstić information content (AvgIpc) is 3.23. The van der Waals surface area contributed by atoms with Gasteiger partial charge in [0.1, 0.15) is 11.6 Å². The Morgan fingerprint density at radius 2 is 1.87 bits per heavy atom. The highest BCUT2D eigenvalue weighted by Crippen LogP contribution is 2.22. The average molecular weight is 425 g/mol. The maximum absolute atomic E-state index is 13.0. The van der Waals surface area contributed by atoms with Crippen LogP contribution in [0, 0.1) is 19.7 Å². The number of aryl methyl sites for hydroxylation is 2. The highest BCUT2D eigenvalue weighted by molar-refractivity contribution is 5.84. The van der Waals surface area contributed by atoms with Crippen LogP contribution in [-0.4, -0.2) is 22.9 Å². The summed E-state index contributed by atoms with van der Waals surface area (Å²) >= 11 is 0. The first kappa shape index (κ1) is 22.0. The summed E-state index contributed by atoms with van der Waals surface area (Å²) in [6.45, 7) is 5.48. The van der Waals surface area contributed by atoms with Crippen molar-refractivity contribution >= 4 is 11.8 Å². The maximum atomic E-state index is 13.0. The fourth-order valence-electron chi connectivity index (χ4n) is 2.79. The molecule has 3 rings (SSSR count). The van der Waals surface area contributed by atoms with Gasteiger partial charge >= 0.3 is 0 Å². The van der Waals surface area contributed by atoms with Crippen LogP contribution in [0.5, 0.6) is 5.75 Å². The summed E-state index contributed by atoms with van der Waals surface area (Å²) in [5, 5.41) is 0. The van der Waals surface area contributed by atoms with Crippen LogP contribution in [-0.2, 0) is 16.0 Å². The number of amides is 2. The Labute approximate surface area is 179 Å². The Balaban J connectivity index is 1.44. The van der Waals surface area contributed by atoms with E-state index in [-0.39, 0.29) is 18.7 Å². The standard InChI is InChI=1S/C23H24FN3O4/c1-14-5-4-6-19(15(14)2)30-16(3)23(29)27-26-21(28)11-12-22-25-13-20(31-22)17-7-9-18(24)10-8-17/h4-10,13,16H,11-12H2,1-3H3,(H,26,28)(H,27,29). The van der Waals surface area contributed by atoms with Crippen LogP contribution in [0.2, 0.25) is 0 Å². The smallest absolute Gasteiger partial charge is 0.279 e. The van der Waals surface area contributed by atoms with Crippen molar-refractivity contribution in [3.05, 3.63) is 71.5 Å². The van der Waals surface area contributed by atoms with Crippen molar-refractivity contribution in [1.82, 2.24) is 15.8 Å². The van der Waals surface area contributed by atoms with E-state index in [4.69, 9.17) is 9.15 Å². The summed E-state index contributed by atoms with van der Waals surface area (Å²) in [7, 11) is 0. The lowest BCUT2D eigenvalue weighted by molar-refractivity contribution is -0.132. The molecule has 0 bridgehead atoms. The number of nitrogens with zero attached hydrogens (tertiary/aromatic N) is 1. The number of carbonyl (C=O) groups excluding carboxylic acids is 2. The van der Waals surface area contributed by atoms with Crippen molar-refractivity contribution in [2.24, 2.45) is 0 Å². The van der Waals surface area contributed by atoms with E-state index >= 15 is 0 Å². The van der Waals surface area contributed by atoms with Crippen LogP contribution in [0.15, 0.2) is 53.1 Å². The van der Waals surface area contributed by atoms with Gasteiger partial charge in [-0.05, 0) is 62.2 Å². The van der Waals surface area contributed by atoms with Gasteiger partial charge in [0.15, 0.2) is 17.8 Å². The fraction of sp³-hybridized carbons (Fsp3) is 0.261. The van der Waals surface area contributed by atoms with Crippen LogP contribution in [0.1, 0.15) is 30.4 Å². The first-order valence-electron chi connectivity index (χ1n) is 9.85. The summed E-state index contributed by atoms with van der Waals surface area (Å²) in [4.78, 5) is 28.4. The van der Waals surface area contributed by atoms with E-state index in [9.17, 15) is 14.0 Å². The Kier molecular flexibility index (Phi) is 7.02. The van der Waals surface area contributed by atoms with E-state index in [0.29, 0.717) is 23.0 Å². The van der Waals surface area contributed by atoms with Gasteiger partial charge in [-0.15, -0.1) is 0 Å². The van der Waals surface area contributed by atoms with Crippen LogP contribution < -0.4 is 15.6 Å². The molecule has 0 aliphatic rings. The number of aromatic nitrogens is 1. The van der Waals surface area contributed by atoms with E-state index in [2.05, 4.69) is 15.8 Å². The summed E-state index contributed by atoms with van der Waals surface area (Å²) in [5.74, 6) is 0.275. The molecule has 0 aliphatic carbocycles. The monoisotopic (exact) mass is 425 g/mol. The highest BCUT2D eigenvalue weighted by atomic mass is 19.1. The van der Waals surface area contributed by atoms with Gasteiger partial charge in [-0.25, -0.2) is 9.37 Å². The SMILES string of the molecule is Cc1cccc(OC(C)C(=O)NNC(=O)CCc2ncc(-c3ccc(F)cc3)o2)c1C. The number of carbonyl (C=O) groups is 2. The predicted octanol–water partition coefficient (Wildman–Crippen LogP) is 3.65. The molecule has 7 nitrogen and oxygen atoms in total. The molecule has 0 saturated heterocycles. The number of rotatable bonds is 7. The first-order valence-corrected chi connectivity index (χ1v) is 9.85. The molecule has 31 heavy (non-hydrogen) atoms. The third-order valence-corrected chi connectivity index (χ3v) is 4.80. The summed E-state index contributed by atoms with van der Waals surface area (Å²) in [5.41, 5.74) is 7.43. The van der Waals surface area contributed by atoms with Gasteiger partial charge < -0.3 is 9.15 Å². The Hall–Kier alpha value is -3.68. The zero-order valence-electron chi connectivity index (χ0n) is 17.6. The molecule has 0 aliphatic heterocycles. The molecule has 8 heteroatoms. The molecule has 2 aromatic carbocycles. The van der Waals surface area contributed by atoms with Gasteiger partial charge in [0, 0.05) is 18.4 Å². The van der Waals surface area contributed by atoms with Crippen molar-refractivity contribution in [3.8, 4) is 17.1 Å². The van der Waals surface area contributed by atoms with Gasteiger partial charge in [-0.2, -0.15) is 0 Å². The van der Waals surface area contributed by atoms with Crippen LogP contribution in [0.25, 0.3) is 11.3 Å². The predicted molar refractivity (Wildman–Crippen MR) is 113 cm³/mol. The van der Waals surface area contributed by atoms with Crippen LogP contribution in [0.3, 0.4) is 0 Å². The number of ether oxygens (including phenoxy) is 1. The van der Waals surface area contributed by atoms with Crippen LogP contribution in [0.4, 0.5) is 4.39 Å². The van der Waals surface area contributed by atoms with E-state index < -0.39 is 17.9 Å². The zero-order chi connectivity index (χ0) is 22.4. The van der Waals surface area contributed by atoms with E-state index in [1.165, 1.54) is 18.3 Å². The van der Waals surface area contributed by atoms with Gasteiger partial charge in [-0.3, -0.25) is 20.4 Å². The molecule has 3 aromatic rings. The number of halogens is 1. The maximum Gasteiger partial charge on any atom is 0.279 e. The number of oxazole rings is 1. The molecule has 2 amide bonds. The lowest BCUT2D eigenvalue weighted by Crippen LogP contribution is -2.47. The molecule has 0 fully saturated rings. The van der Waals surface area contributed by atoms with Gasteiger partial charge in [0.25, 0.3) is 5.91 Å². The molecule has 0 radical (unpaired) electrons. The van der Waals surface area contributed by atoms with Crippen molar-refractivity contribution < 1.29 is 23.1 Å². The number of hydrogen-bond donors (Lipinski definition) is 2. The van der Waals surface area contributed by atoms with Crippen molar-refractivity contribution in [3.63, 3.8) is 0 Å². The molecule has 1 heterocycles. The normalized spacial score (nSPS) is 11.6. The molecule has 0 saturated carbocycles. The van der Waals surface area contributed by atoms with Gasteiger partial charge in [-0.1, -0.05) is 12.1 Å². The number of benzene rings is 2. The molecule has 1 atom stereocenters. The summed E-state index contributed by atoms with van der Waals surface area (Å²) < 4.78 is 24.3. The zero-order valence-corrected chi connectivity index (χ0v) is 17.6. The second kappa shape index (κ2) is 9.88. The van der Waals surface area contributed by atoms with Crippen molar-refractivity contribution in [1.29, 1.82) is 0 Å². The molecule has 0 spiro atoms. The molecular formula is C23H24FN3O4. The molecule has 1 unspecified atom stereocenters. The van der Waals surface area contributed by atoms with Crippen LogP contribution >= 0.6 is 0 Å². The second-order valence-corrected chi connectivity index (χ2v) is 7.12. The summed E-state index contributed by atoms with van der Waals surface area (Å²) in [6, 6.07) is 11.4. The van der Waals surface area contributed by atoms with Crippen molar-refractivity contribution in [2.75, 3.05) is 0 Å². The fourth-order valence-corrected chi connectivity index (χ4v) is 2.79. The lowest BCUT2D eigenvalue weighted by Gasteiger charge is -2.17. The minimum Gasteiger partial charge on any atom is -0.481 e. The number of hydrazine groups is 1. The van der Waals surface area contributed by atoms with E-state index in [0.717, 1.165) is 11.1 Å². The Bertz CT molecular complexity index is 1060. The van der Waals surface area contributed by atoms with Gasteiger partial charge in [0.05, 0.1) is 6.20 Å². The minimum absolute atomic E-state index is 0.0654. The minimum atomic E-state index is -0.786. The third-order valence-electron chi connectivity index (χ3n) is 4.80. The van der Waals surface area contributed by atoms with E-state index in [1.54, 1.807) is 25.1 Å². The van der Waals surface area contributed by atoms with E-state index in [1.807, 2.05) is 26.0 Å². The molecular weight excluding hydrogens is 401 g/mol.